The highest BCUT2D eigenvalue weighted by atomic mass is 16.2. The van der Waals surface area contributed by atoms with Crippen LogP contribution < -0.4 is 0 Å². The van der Waals surface area contributed by atoms with Crippen LogP contribution in [0.2, 0.25) is 0 Å². The van der Waals surface area contributed by atoms with Crippen LogP contribution in [0.15, 0.2) is 6.20 Å². The van der Waals surface area contributed by atoms with Crippen LogP contribution in [0.5, 0.6) is 0 Å². The third-order valence-electron chi connectivity index (χ3n) is 4.33. The molecule has 1 aliphatic heterocycles. The number of nitrogens with zero attached hydrogens (tertiary/aromatic N) is 4. The lowest BCUT2D eigenvalue weighted by Crippen LogP contribution is -2.47. The second-order valence-corrected chi connectivity index (χ2v) is 7.32. The molecule has 1 aliphatic rings. The number of Topliss-reactive ketones (excluding diaryl/α,β-unsaturated/α-hetero) is 1. The largest absolute Gasteiger partial charge is 0.332 e. The fourth-order valence-electron chi connectivity index (χ4n) is 2.81. The van der Waals surface area contributed by atoms with E-state index >= 15 is 0 Å². The molecule has 1 amide bonds. The van der Waals surface area contributed by atoms with Crippen LogP contribution in [0.1, 0.15) is 64.4 Å². The first-order chi connectivity index (χ1) is 10.2. The molecule has 122 valence electrons. The Bertz CT molecular complexity index is 549. The Morgan fingerprint density at radius 2 is 1.82 bits per heavy atom. The molecule has 1 saturated heterocycles. The van der Waals surface area contributed by atoms with Gasteiger partial charge < -0.3 is 4.90 Å². The molecule has 0 aromatic carbocycles. The predicted molar refractivity (Wildman–Crippen MR) is 83.4 cm³/mol. The normalized spacial score (nSPS) is 22.7. The van der Waals surface area contributed by atoms with Crippen LogP contribution in [-0.2, 0) is 11.3 Å². The zero-order valence-corrected chi connectivity index (χ0v) is 14.2. The van der Waals surface area contributed by atoms with Crippen molar-refractivity contribution in [2.24, 2.45) is 5.41 Å². The highest BCUT2D eigenvalue weighted by Crippen LogP contribution is 2.24. The minimum absolute atomic E-state index is 0.0658. The van der Waals surface area contributed by atoms with Gasteiger partial charge in [0.2, 0.25) is 0 Å². The van der Waals surface area contributed by atoms with E-state index in [9.17, 15) is 9.59 Å². The van der Waals surface area contributed by atoms with E-state index in [1.165, 1.54) is 4.68 Å². The van der Waals surface area contributed by atoms with Crippen LogP contribution in [0.3, 0.4) is 0 Å². The number of piperidine rings is 1. The van der Waals surface area contributed by atoms with Gasteiger partial charge in [0, 0.05) is 17.5 Å². The number of ketones is 1. The summed E-state index contributed by atoms with van der Waals surface area (Å²) in [4.78, 5) is 26.6. The summed E-state index contributed by atoms with van der Waals surface area (Å²) >= 11 is 0. The van der Waals surface area contributed by atoms with Gasteiger partial charge in [-0.25, -0.2) is 4.68 Å². The molecule has 1 aromatic heterocycles. The highest BCUT2D eigenvalue weighted by Gasteiger charge is 2.31. The van der Waals surface area contributed by atoms with Crippen LogP contribution in [0.4, 0.5) is 0 Å². The van der Waals surface area contributed by atoms with E-state index < -0.39 is 5.41 Å². The maximum absolute atomic E-state index is 12.6. The number of hydrogen-bond acceptors (Lipinski definition) is 4. The molecule has 0 spiro atoms. The van der Waals surface area contributed by atoms with Gasteiger partial charge in [-0.1, -0.05) is 26.0 Å². The van der Waals surface area contributed by atoms with Gasteiger partial charge >= 0.3 is 0 Å². The Balaban J connectivity index is 2.10. The summed E-state index contributed by atoms with van der Waals surface area (Å²) in [5, 5.41) is 7.90. The van der Waals surface area contributed by atoms with Crippen molar-refractivity contribution in [1.29, 1.82) is 0 Å². The predicted octanol–water partition coefficient (Wildman–Crippen LogP) is 2.30. The van der Waals surface area contributed by atoms with Crippen LogP contribution >= 0.6 is 0 Å². The average Bonchev–Trinajstić information content (AvgIpc) is 2.85. The Kier molecular flexibility index (Phi) is 4.68. The Labute approximate surface area is 131 Å². The third-order valence-corrected chi connectivity index (χ3v) is 4.33. The van der Waals surface area contributed by atoms with Gasteiger partial charge in [-0.05, 0) is 33.1 Å². The average molecular weight is 306 g/mol. The number of carbonyl (C=O) groups is 2. The summed E-state index contributed by atoms with van der Waals surface area (Å²) in [6, 6.07) is 0.440. The standard InChI is InChI=1S/C16H26N4O2/c1-11-7-6-8-12(2)20(11)15(22)13-9-19(18-17-13)10-14(21)16(3,4)5/h9,11-12H,6-8,10H2,1-5H3/t11-,12-/m1/s1. The number of carbonyl (C=O) groups excluding carboxylic acids is 2. The molecule has 1 aromatic rings. The van der Waals surface area contributed by atoms with Crippen LogP contribution in [0.25, 0.3) is 0 Å². The van der Waals surface area contributed by atoms with Crippen molar-refractivity contribution in [2.45, 2.75) is 72.5 Å². The molecule has 6 nitrogen and oxygen atoms in total. The first-order valence-electron chi connectivity index (χ1n) is 7.96. The monoisotopic (exact) mass is 306 g/mol. The van der Waals surface area contributed by atoms with E-state index in [4.69, 9.17) is 0 Å². The van der Waals surface area contributed by atoms with Gasteiger partial charge in [-0.15, -0.1) is 5.10 Å². The summed E-state index contributed by atoms with van der Waals surface area (Å²) in [6.07, 6.45) is 4.78. The number of hydrogen-bond donors (Lipinski definition) is 0. The quantitative estimate of drug-likeness (QED) is 0.859. The van der Waals surface area contributed by atoms with E-state index in [1.54, 1.807) is 6.20 Å². The van der Waals surface area contributed by atoms with Crippen molar-refractivity contribution < 1.29 is 9.59 Å². The molecule has 22 heavy (non-hydrogen) atoms. The van der Waals surface area contributed by atoms with Crippen molar-refractivity contribution in [3.63, 3.8) is 0 Å². The van der Waals surface area contributed by atoms with Crippen molar-refractivity contribution in [2.75, 3.05) is 0 Å². The fraction of sp³-hybridized carbons (Fsp3) is 0.750. The molecule has 6 heteroatoms. The summed E-state index contributed by atoms with van der Waals surface area (Å²) < 4.78 is 1.46. The van der Waals surface area contributed by atoms with Crippen molar-refractivity contribution in [1.82, 2.24) is 19.9 Å². The molecular formula is C16H26N4O2. The van der Waals surface area contributed by atoms with E-state index in [1.807, 2.05) is 25.7 Å². The lowest BCUT2D eigenvalue weighted by Gasteiger charge is -2.38. The van der Waals surface area contributed by atoms with Gasteiger partial charge in [0.25, 0.3) is 5.91 Å². The molecule has 0 bridgehead atoms. The van der Waals surface area contributed by atoms with Gasteiger partial charge in [0.1, 0.15) is 6.54 Å². The van der Waals surface area contributed by atoms with Gasteiger partial charge in [0.05, 0.1) is 6.20 Å². The minimum Gasteiger partial charge on any atom is -0.332 e. The summed E-state index contributed by atoms with van der Waals surface area (Å²) in [7, 11) is 0. The number of amides is 1. The molecule has 0 unspecified atom stereocenters. The molecule has 0 aliphatic carbocycles. The molecule has 0 N–H and O–H groups in total. The zero-order chi connectivity index (χ0) is 16.5. The summed E-state index contributed by atoms with van der Waals surface area (Å²) in [6.45, 7) is 9.90. The smallest absolute Gasteiger partial charge is 0.276 e. The first kappa shape index (κ1) is 16.6. The lowest BCUT2D eigenvalue weighted by atomic mass is 9.91. The van der Waals surface area contributed by atoms with Gasteiger partial charge in [-0.2, -0.15) is 0 Å². The molecule has 0 radical (unpaired) electrons. The molecule has 2 atom stereocenters. The first-order valence-corrected chi connectivity index (χ1v) is 7.96. The van der Waals surface area contributed by atoms with Crippen molar-refractivity contribution >= 4 is 11.7 Å². The minimum atomic E-state index is -0.425. The Morgan fingerprint density at radius 1 is 1.23 bits per heavy atom. The second kappa shape index (κ2) is 6.18. The van der Waals surface area contributed by atoms with E-state index in [-0.39, 0.29) is 30.3 Å². The summed E-state index contributed by atoms with van der Waals surface area (Å²) in [5.41, 5.74) is -0.103. The van der Waals surface area contributed by atoms with Gasteiger partial charge in [0.15, 0.2) is 11.5 Å². The number of rotatable bonds is 3. The maximum atomic E-state index is 12.6. The summed E-state index contributed by atoms with van der Waals surface area (Å²) in [5.74, 6) is -0.0229. The number of likely N-dealkylation sites (tertiary alicyclic amines) is 1. The Hall–Kier alpha value is -1.72. The maximum Gasteiger partial charge on any atom is 0.276 e. The molecule has 2 rings (SSSR count). The van der Waals surface area contributed by atoms with Crippen LogP contribution in [-0.4, -0.2) is 43.7 Å². The Morgan fingerprint density at radius 3 is 2.36 bits per heavy atom. The fourth-order valence-corrected chi connectivity index (χ4v) is 2.81. The molecule has 2 heterocycles. The van der Waals surface area contributed by atoms with Crippen molar-refractivity contribution in [3.8, 4) is 0 Å². The van der Waals surface area contributed by atoms with Crippen molar-refractivity contribution in [3.05, 3.63) is 11.9 Å². The van der Waals surface area contributed by atoms with Crippen LogP contribution in [0, 0.1) is 5.41 Å². The van der Waals surface area contributed by atoms with E-state index in [2.05, 4.69) is 24.2 Å². The SMILES string of the molecule is C[C@@H]1CCC[C@@H](C)N1C(=O)c1cn(CC(=O)C(C)(C)C)nn1. The molecular weight excluding hydrogens is 280 g/mol. The number of aromatic nitrogens is 3. The highest BCUT2D eigenvalue weighted by molar-refractivity contribution is 5.92. The lowest BCUT2D eigenvalue weighted by molar-refractivity contribution is -0.127. The third kappa shape index (κ3) is 3.54. The molecule has 0 saturated carbocycles. The van der Waals surface area contributed by atoms with E-state index in [0.717, 1.165) is 19.3 Å². The molecule has 1 fully saturated rings. The van der Waals surface area contributed by atoms with E-state index in [0.29, 0.717) is 5.69 Å². The zero-order valence-electron chi connectivity index (χ0n) is 14.2. The second-order valence-electron chi connectivity index (χ2n) is 7.32. The topological polar surface area (TPSA) is 68.1 Å². The van der Waals surface area contributed by atoms with Gasteiger partial charge in [-0.3, -0.25) is 9.59 Å².